The maximum atomic E-state index is 12.4. The molecule has 0 atom stereocenters. The molecule has 2 heterocycles. The van der Waals surface area contributed by atoms with Crippen LogP contribution in [0.2, 0.25) is 0 Å². The van der Waals surface area contributed by atoms with E-state index in [-0.39, 0.29) is 17.9 Å². The maximum absolute atomic E-state index is 12.4. The standard InChI is InChI=1S/C16H17N3O5S2/c1-22-12-6-5-11(10-13(12)23-2)26(20,21)17-8-7-15-18-16(19-24-15)14-4-3-9-25-14/h3-6,9-10,17H,7-8H2,1-2H3. The zero-order chi connectivity index (χ0) is 18.6. The Morgan fingerprint density at radius 2 is 2.00 bits per heavy atom. The quantitative estimate of drug-likeness (QED) is 0.624. The minimum absolute atomic E-state index is 0.0833. The molecule has 1 aromatic carbocycles. The molecule has 3 rings (SSSR count). The second-order valence-electron chi connectivity index (χ2n) is 5.15. The lowest BCUT2D eigenvalue weighted by atomic mass is 10.3. The summed E-state index contributed by atoms with van der Waals surface area (Å²) >= 11 is 1.50. The summed E-state index contributed by atoms with van der Waals surface area (Å²) in [5.41, 5.74) is 0. The lowest BCUT2D eigenvalue weighted by Crippen LogP contribution is -2.26. The predicted molar refractivity (Wildman–Crippen MR) is 96.0 cm³/mol. The molecule has 2 aromatic heterocycles. The van der Waals surface area contributed by atoms with Crippen molar-refractivity contribution in [2.45, 2.75) is 11.3 Å². The normalized spacial score (nSPS) is 11.5. The van der Waals surface area contributed by atoms with E-state index >= 15 is 0 Å². The number of aromatic nitrogens is 2. The van der Waals surface area contributed by atoms with Gasteiger partial charge in [0.2, 0.25) is 21.7 Å². The minimum Gasteiger partial charge on any atom is -0.493 e. The van der Waals surface area contributed by atoms with E-state index in [0.717, 1.165) is 4.88 Å². The summed E-state index contributed by atoms with van der Waals surface area (Å²) in [7, 11) is -0.766. The van der Waals surface area contributed by atoms with Crippen LogP contribution >= 0.6 is 11.3 Å². The summed E-state index contributed by atoms with van der Waals surface area (Å²) in [5.74, 6) is 1.66. The van der Waals surface area contributed by atoms with Gasteiger partial charge in [0, 0.05) is 19.0 Å². The van der Waals surface area contributed by atoms with Gasteiger partial charge in [-0.25, -0.2) is 13.1 Å². The van der Waals surface area contributed by atoms with Gasteiger partial charge in [-0.3, -0.25) is 0 Å². The van der Waals surface area contributed by atoms with Gasteiger partial charge in [0.25, 0.3) is 0 Å². The second-order valence-corrected chi connectivity index (χ2v) is 7.87. The van der Waals surface area contributed by atoms with Crippen molar-refractivity contribution in [2.24, 2.45) is 0 Å². The van der Waals surface area contributed by atoms with Crippen molar-refractivity contribution in [1.29, 1.82) is 0 Å². The number of hydrogen-bond donors (Lipinski definition) is 1. The Balaban J connectivity index is 1.64. The van der Waals surface area contributed by atoms with Crippen LogP contribution in [0.5, 0.6) is 11.5 Å². The molecule has 0 aliphatic heterocycles. The average Bonchev–Trinajstić information content (AvgIpc) is 3.32. The van der Waals surface area contributed by atoms with E-state index in [1.165, 1.54) is 37.7 Å². The Morgan fingerprint density at radius 3 is 2.69 bits per heavy atom. The first kappa shape index (κ1) is 18.4. The van der Waals surface area contributed by atoms with Crippen molar-refractivity contribution in [2.75, 3.05) is 20.8 Å². The molecule has 0 bridgehead atoms. The lowest BCUT2D eigenvalue weighted by Gasteiger charge is -2.10. The third kappa shape index (κ3) is 4.03. The number of nitrogens with zero attached hydrogens (tertiary/aromatic N) is 2. The summed E-state index contributed by atoms with van der Waals surface area (Å²) < 4.78 is 42.7. The molecular weight excluding hydrogens is 378 g/mol. The van der Waals surface area contributed by atoms with Gasteiger partial charge in [-0.05, 0) is 23.6 Å². The first-order chi connectivity index (χ1) is 12.5. The number of ether oxygens (including phenoxy) is 2. The Bertz CT molecular complexity index is 968. The van der Waals surface area contributed by atoms with Gasteiger partial charge in [-0.2, -0.15) is 4.98 Å². The molecule has 3 aromatic rings. The first-order valence-corrected chi connectivity index (χ1v) is 9.98. The topological polar surface area (TPSA) is 104 Å². The van der Waals surface area contributed by atoms with Gasteiger partial charge in [0.1, 0.15) is 0 Å². The summed E-state index contributed by atoms with van der Waals surface area (Å²) in [6.07, 6.45) is 0.283. The molecule has 0 saturated heterocycles. The van der Waals surface area contributed by atoms with Crippen molar-refractivity contribution < 1.29 is 22.4 Å². The Morgan fingerprint density at radius 1 is 1.19 bits per heavy atom. The predicted octanol–water partition coefficient (Wildman–Crippen LogP) is 2.34. The second kappa shape index (κ2) is 7.85. The van der Waals surface area contributed by atoms with Crippen molar-refractivity contribution in [3.05, 3.63) is 41.6 Å². The van der Waals surface area contributed by atoms with Crippen LogP contribution in [-0.2, 0) is 16.4 Å². The summed E-state index contributed by atoms with van der Waals surface area (Å²) in [6, 6.07) is 8.18. The number of hydrogen-bond acceptors (Lipinski definition) is 8. The first-order valence-electron chi connectivity index (χ1n) is 7.61. The molecule has 26 heavy (non-hydrogen) atoms. The highest BCUT2D eigenvalue weighted by molar-refractivity contribution is 7.89. The van der Waals surface area contributed by atoms with Crippen molar-refractivity contribution in [3.63, 3.8) is 0 Å². The molecule has 0 aliphatic rings. The third-order valence-electron chi connectivity index (χ3n) is 3.51. The number of rotatable bonds is 8. The molecular formula is C16H17N3O5S2. The van der Waals surface area contributed by atoms with Gasteiger partial charge < -0.3 is 14.0 Å². The summed E-state index contributed by atoms with van der Waals surface area (Å²) in [4.78, 5) is 5.23. The van der Waals surface area contributed by atoms with E-state index in [4.69, 9.17) is 14.0 Å². The van der Waals surface area contributed by atoms with Crippen LogP contribution in [0.1, 0.15) is 5.89 Å². The van der Waals surface area contributed by atoms with E-state index < -0.39 is 10.0 Å². The molecule has 0 fully saturated rings. The molecule has 10 heteroatoms. The zero-order valence-electron chi connectivity index (χ0n) is 14.1. The highest BCUT2D eigenvalue weighted by Gasteiger charge is 2.17. The van der Waals surface area contributed by atoms with Crippen LogP contribution < -0.4 is 14.2 Å². The van der Waals surface area contributed by atoms with Gasteiger partial charge in [0.05, 0.1) is 24.0 Å². The van der Waals surface area contributed by atoms with Gasteiger partial charge in [0.15, 0.2) is 11.5 Å². The Kier molecular flexibility index (Phi) is 5.55. The van der Waals surface area contributed by atoms with Crippen molar-refractivity contribution >= 4 is 21.4 Å². The SMILES string of the molecule is COc1ccc(S(=O)(=O)NCCc2nc(-c3cccs3)no2)cc1OC. The van der Waals surface area contributed by atoms with Crippen LogP contribution in [0.25, 0.3) is 10.7 Å². The Hall–Kier alpha value is -2.43. The van der Waals surface area contributed by atoms with E-state index in [0.29, 0.717) is 23.2 Å². The summed E-state index contributed by atoms with van der Waals surface area (Å²) in [6.45, 7) is 0.128. The van der Waals surface area contributed by atoms with Crippen molar-refractivity contribution in [3.8, 4) is 22.2 Å². The van der Waals surface area contributed by atoms with Crippen LogP contribution in [0.15, 0.2) is 45.1 Å². The number of sulfonamides is 1. The number of nitrogens with one attached hydrogen (secondary N) is 1. The fourth-order valence-corrected chi connectivity index (χ4v) is 3.92. The molecule has 0 radical (unpaired) electrons. The lowest BCUT2D eigenvalue weighted by molar-refractivity contribution is 0.354. The average molecular weight is 395 g/mol. The highest BCUT2D eigenvalue weighted by Crippen LogP contribution is 2.29. The number of benzene rings is 1. The van der Waals surface area contributed by atoms with Gasteiger partial charge >= 0.3 is 0 Å². The maximum Gasteiger partial charge on any atom is 0.240 e. The van der Waals surface area contributed by atoms with E-state index in [1.54, 1.807) is 6.07 Å². The van der Waals surface area contributed by atoms with Crippen LogP contribution in [0.4, 0.5) is 0 Å². The van der Waals surface area contributed by atoms with Crippen LogP contribution in [0, 0.1) is 0 Å². The van der Waals surface area contributed by atoms with E-state index in [9.17, 15) is 8.42 Å². The van der Waals surface area contributed by atoms with Gasteiger partial charge in [-0.15, -0.1) is 11.3 Å². The molecule has 138 valence electrons. The Labute approximate surface area is 154 Å². The van der Waals surface area contributed by atoms with Crippen molar-refractivity contribution in [1.82, 2.24) is 14.9 Å². The fourth-order valence-electron chi connectivity index (χ4n) is 2.22. The van der Waals surface area contributed by atoms with Crippen LogP contribution in [-0.4, -0.2) is 39.3 Å². The number of thiophene rings is 1. The molecule has 0 spiro atoms. The molecule has 1 N–H and O–H groups in total. The molecule has 0 amide bonds. The van der Waals surface area contributed by atoms with Gasteiger partial charge in [-0.1, -0.05) is 11.2 Å². The minimum atomic E-state index is -3.70. The monoisotopic (exact) mass is 395 g/mol. The smallest absolute Gasteiger partial charge is 0.240 e. The largest absolute Gasteiger partial charge is 0.493 e. The number of methoxy groups -OCH3 is 2. The van der Waals surface area contributed by atoms with E-state index in [1.807, 2.05) is 17.5 Å². The van der Waals surface area contributed by atoms with E-state index in [2.05, 4.69) is 14.9 Å². The zero-order valence-corrected chi connectivity index (χ0v) is 15.8. The molecule has 0 unspecified atom stereocenters. The fraction of sp³-hybridized carbons (Fsp3) is 0.250. The van der Waals surface area contributed by atoms with Crippen LogP contribution in [0.3, 0.4) is 0 Å². The molecule has 0 saturated carbocycles. The molecule has 8 nitrogen and oxygen atoms in total. The highest BCUT2D eigenvalue weighted by atomic mass is 32.2. The third-order valence-corrected chi connectivity index (χ3v) is 5.83. The summed E-state index contributed by atoms with van der Waals surface area (Å²) in [5, 5.41) is 5.81. The molecule has 0 aliphatic carbocycles.